The number of aryl methyl sites for hydroxylation is 1. The maximum absolute atomic E-state index is 13.2. The normalized spacial score (nSPS) is 10.5. The van der Waals surface area contributed by atoms with Gasteiger partial charge < -0.3 is 0 Å². The molecule has 0 unspecified atom stereocenters. The van der Waals surface area contributed by atoms with Gasteiger partial charge in [-0.3, -0.25) is 4.79 Å². The van der Waals surface area contributed by atoms with Crippen molar-refractivity contribution < 1.29 is 9.18 Å². The van der Waals surface area contributed by atoms with Crippen molar-refractivity contribution in [1.29, 1.82) is 0 Å². The molecule has 0 aromatic heterocycles. The van der Waals surface area contributed by atoms with Gasteiger partial charge in [0.1, 0.15) is 5.82 Å². The van der Waals surface area contributed by atoms with Gasteiger partial charge in [-0.05, 0) is 42.8 Å². The highest BCUT2D eigenvalue weighted by Gasteiger charge is 2.10. The van der Waals surface area contributed by atoms with Gasteiger partial charge in [0, 0.05) is 10.5 Å². The van der Waals surface area contributed by atoms with E-state index in [-0.39, 0.29) is 17.4 Å². The van der Waals surface area contributed by atoms with Crippen LogP contribution in [0.2, 0.25) is 5.02 Å². The van der Waals surface area contributed by atoms with Crippen LogP contribution in [0.3, 0.4) is 0 Å². The minimum absolute atomic E-state index is 0.104. The molecule has 0 N–H and O–H groups in total. The van der Waals surface area contributed by atoms with E-state index in [1.807, 2.05) is 18.2 Å². The van der Waals surface area contributed by atoms with Crippen LogP contribution >= 0.6 is 23.4 Å². The zero-order valence-electron chi connectivity index (χ0n) is 10.3. The third-order valence-corrected chi connectivity index (χ3v) is 4.07. The number of carbonyl (C=O) groups is 1. The molecule has 19 heavy (non-hydrogen) atoms. The maximum Gasteiger partial charge on any atom is 0.173 e. The Kier molecular flexibility index (Phi) is 4.61. The summed E-state index contributed by atoms with van der Waals surface area (Å²) in [6.45, 7) is 1.76. The fraction of sp³-hybridized carbons (Fsp3) is 0.133. The molecule has 0 saturated heterocycles. The standard InChI is InChI=1S/C15H12ClFOS/c1-10-6-11(8-12(17)7-10)14(18)9-19-15-5-3-2-4-13(15)16/h2-8H,9H2,1H3. The van der Waals surface area contributed by atoms with Gasteiger partial charge in [0.2, 0.25) is 0 Å². The van der Waals surface area contributed by atoms with E-state index in [1.165, 1.54) is 23.9 Å². The molecule has 0 aliphatic carbocycles. The summed E-state index contributed by atoms with van der Waals surface area (Å²) in [7, 11) is 0. The lowest BCUT2D eigenvalue weighted by molar-refractivity contribution is 0.102. The van der Waals surface area contributed by atoms with Crippen LogP contribution in [0.5, 0.6) is 0 Å². The Morgan fingerprint density at radius 2 is 2.00 bits per heavy atom. The van der Waals surface area contributed by atoms with Gasteiger partial charge in [0.05, 0.1) is 10.8 Å². The molecule has 98 valence electrons. The van der Waals surface area contributed by atoms with Crippen molar-refractivity contribution in [3.05, 3.63) is 64.4 Å². The SMILES string of the molecule is Cc1cc(F)cc(C(=O)CSc2ccccc2Cl)c1. The van der Waals surface area contributed by atoms with E-state index in [9.17, 15) is 9.18 Å². The van der Waals surface area contributed by atoms with Crippen molar-refractivity contribution in [2.75, 3.05) is 5.75 Å². The Morgan fingerprint density at radius 1 is 1.26 bits per heavy atom. The second-order valence-electron chi connectivity index (χ2n) is 4.16. The first-order valence-electron chi connectivity index (χ1n) is 5.74. The molecule has 0 aliphatic rings. The highest BCUT2D eigenvalue weighted by atomic mass is 35.5. The van der Waals surface area contributed by atoms with E-state index in [0.29, 0.717) is 10.6 Å². The first kappa shape index (κ1) is 14.1. The van der Waals surface area contributed by atoms with Gasteiger partial charge in [-0.15, -0.1) is 11.8 Å². The summed E-state index contributed by atoms with van der Waals surface area (Å²) in [5.74, 6) is -0.245. The predicted octanol–water partition coefficient (Wildman–Crippen LogP) is 4.76. The number of hydrogen-bond acceptors (Lipinski definition) is 2. The average Bonchev–Trinajstić information content (AvgIpc) is 2.36. The van der Waals surface area contributed by atoms with E-state index >= 15 is 0 Å². The van der Waals surface area contributed by atoms with Crippen molar-refractivity contribution in [1.82, 2.24) is 0 Å². The summed E-state index contributed by atoms with van der Waals surface area (Å²) in [6, 6.07) is 11.7. The Bertz CT molecular complexity index is 593. The first-order valence-corrected chi connectivity index (χ1v) is 7.10. The smallest absolute Gasteiger partial charge is 0.173 e. The minimum atomic E-state index is -0.383. The van der Waals surface area contributed by atoms with Gasteiger partial charge in [-0.1, -0.05) is 23.7 Å². The minimum Gasteiger partial charge on any atom is -0.293 e. The molecular weight excluding hydrogens is 283 g/mol. The van der Waals surface area contributed by atoms with Gasteiger partial charge in [0.15, 0.2) is 5.78 Å². The molecule has 0 radical (unpaired) electrons. The third kappa shape index (κ3) is 3.82. The fourth-order valence-corrected chi connectivity index (χ4v) is 2.82. The van der Waals surface area contributed by atoms with Crippen molar-refractivity contribution in [3.63, 3.8) is 0 Å². The molecule has 0 amide bonds. The Hall–Kier alpha value is -1.32. The third-order valence-electron chi connectivity index (χ3n) is 2.56. The molecule has 2 aromatic carbocycles. The molecule has 0 atom stereocenters. The highest BCUT2D eigenvalue weighted by Crippen LogP contribution is 2.27. The van der Waals surface area contributed by atoms with Crippen LogP contribution in [0.25, 0.3) is 0 Å². The van der Waals surface area contributed by atoms with Crippen LogP contribution in [-0.2, 0) is 0 Å². The lowest BCUT2D eigenvalue weighted by Gasteiger charge is -2.04. The van der Waals surface area contributed by atoms with Gasteiger partial charge in [-0.2, -0.15) is 0 Å². The maximum atomic E-state index is 13.2. The molecule has 0 spiro atoms. The fourth-order valence-electron chi connectivity index (χ4n) is 1.69. The van der Waals surface area contributed by atoms with Crippen LogP contribution in [0, 0.1) is 12.7 Å². The number of thioether (sulfide) groups is 1. The summed E-state index contributed by atoms with van der Waals surface area (Å²) in [5.41, 5.74) is 1.14. The molecule has 0 saturated carbocycles. The summed E-state index contributed by atoms with van der Waals surface area (Å²) in [5, 5.41) is 0.621. The zero-order chi connectivity index (χ0) is 13.8. The molecule has 0 aliphatic heterocycles. The zero-order valence-corrected chi connectivity index (χ0v) is 11.9. The van der Waals surface area contributed by atoms with E-state index in [1.54, 1.807) is 19.1 Å². The molecule has 0 bridgehead atoms. The summed E-state index contributed by atoms with van der Waals surface area (Å²) in [6.07, 6.45) is 0. The van der Waals surface area contributed by atoms with E-state index < -0.39 is 0 Å². The largest absolute Gasteiger partial charge is 0.293 e. The number of benzene rings is 2. The van der Waals surface area contributed by atoms with Crippen LogP contribution in [0.15, 0.2) is 47.4 Å². The molecule has 2 aromatic rings. The topological polar surface area (TPSA) is 17.1 Å². The van der Waals surface area contributed by atoms with Crippen molar-refractivity contribution >= 4 is 29.1 Å². The van der Waals surface area contributed by atoms with Crippen molar-refractivity contribution in [3.8, 4) is 0 Å². The number of carbonyl (C=O) groups excluding carboxylic acids is 1. The van der Waals surface area contributed by atoms with Gasteiger partial charge in [-0.25, -0.2) is 4.39 Å². The van der Waals surface area contributed by atoms with Crippen LogP contribution < -0.4 is 0 Å². The highest BCUT2D eigenvalue weighted by molar-refractivity contribution is 8.00. The monoisotopic (exact) mass is 294 g/mol. The summed E-state index contributed by atoms with van der Waals surface area (Å²) < 4.78 is 13.2. The molecule has 0 heterocycles. The second-order valence-corrected chi connectivity index (χ2v) is 5.58. The Morgan fingerprint density at radius 3 is 2.68 bits per heavy atom. The molecule has 0 fully saturated rings. The van der Waals surface area contributed by atoms with Crippen molar-refractivity contribution in [2.45, 2.75) is 11.8 Å². The van der Waals surface area contributed by atoms with Crippen LogP contribution in [0.4, 0.5) is 4.39 Å². The predicted molar refractivity (Wildman–Crippen MR) is 77.6 cm³/mol. The van der Waals surface area contributed by atoms with E-state index in [4.69, 9.17) is 11.6 Å². The Labute approximate surface area is 120 Å². The van der Waals surface area contributed by atoms with Crippen LogP contribution in [-0.4, -0.2) is 11.5 Å². The van der Waals surface area contributed by atoms with E-state index in [2.05, 4.69) is 0 Å². The Balaban J connectivity index is 2.08. The van der Waals surface area contributed by atoms with Gasteiger partial charge in [0.25, 0.3) is 0 Å². The second kappa shape index (κ2) is 6.22. The summed E-state index contributed by atoms with van der Waals surface area (Å²) >= 11 is 7.37. The molecule has 1 nitrogen and oxygen atoms in total. The number of hydrogen-bond donors (Lipinski definition) is 0. The van der Waals surface area contributed by atoms with Crippen LogP contribution in [0.1, 0.15) is 15.9 Å². The van der Waals surface area contributed by atoms with Gasteiger partial charge >= 0.3 is 0 Å². The number of ketones is 1. The first-order chi connectivity index (χ1) is 9.06. The number of halogens is 2. The quantitative estimate of drug-likeness (QED) is 0.597. The molecule has 2 rings (SSSR count). The molecular formula is C15H12ClFOS. The number of rotatable bonds is 4. The average molecular weight is 295 g/mol. The summed E-state index contributed by atoms with van der Waals surface area (Å²) in [4.78, 5) is 12.9. The lowest BCUT2D eigenvalue weighted by atomic mass is 10.1. The van der Waals surface area contributed by atoms with Crippen molar-refractivity contribution in [2.24, 2.45) is 0 Å². The number of Topliss-reactive ketones (excluding diaryl/α,β-unsaturated/α-hetero) is 1. The van der Waals surface area contributed by atoms with E-state index in [0.717, 1.165) is 10.5 Å². The lowest BCUT2D eigenvalue weighted by Crippen LogP contribution is -2.03. The molecule has 4 heteroatoms.